The molecule has 0 radical (unpaired) electrons. The lowest BCUT2D eigenvalue weighted by Gasteiger charge is -2.27. The summed E-state index contributed by atoms with van der Waals surface area (Å²) in [6.45, 7) is 6.11. The fourth-order valence-corrected chi connectivity index (χ4v) is 6.06. The summed E-state index contributed by atoms with van der Waals surface area (Å²) in [6.07, 6.45) is 40.9. The van der Waals surface area contributed by atoms with E-state index in [0.717, 1.165) is 30.3 Å². The zero-order valence-corrected chi connectivity index (χ0v) is 31.9. The number of quaternary nitrogens is 1. The molecule has 272 valence electrons. The Balaban J connectivity index is 3.96. The SMILES string of the molecule is CCCCCCCC/C=C/CCCCCCCC(=O)NC(CC[N+](C)(C)C)C(=O)NCCCCCCCCCCCCCCCC. The predicted octanol–water partition coefficient (Wildman–Crippen LogP) is 11.2. The molecular formula is C41H82N3O2+. The molecule has 0 fully saturated rings. The van der Waals surface area contributed by atoms with Gasteiger partial charge in [0.1, 0.15) is 6.04 Å². The van der Waals surface area contributed by atoms with Gasteiger partial charge in [-0.25, -0.2) is 0 Å². The molecule has 1 atom stereocenters. The average Bonchev–Trinajstić information content (AvgIpc) is 3.02. The van der Waals surface area contributed by atoms with Gasteiger partial charge in [0.15, 0.2) is 0 Å². The third kappa shape index (κ3) is 34.0. The lowest BCUT2D eigenvalue weighted by atomic mass is 10.0. The van der Waals surface area contributed by atoms with Crippen molar-refractivity contribution in [3.8, 4) is 0 Å². The van der Waals surface area contributed by atoms with E-state index in [1.807, 2.05) is 0 Å². The van der Waals surface area contributed by atoms with Crippen LogP contribution in [0.2, 0.25) is 0 Å². The van der Waals surface area contributed by atoms with Crippen molar-refractivity contribution < 1.29 is 14.1 Å². The van der Waals surface area contributed by atoms with Gasteiger partial charge in [-0.05, 0) is 38.5 Å². The molecule has 0 saturated carbocycles. The molecule has 0 aromatic carbocycles. The quantitative estimate of drug-likeness (QED) is 0.0408. The van der Waals surface area contributed by atoms with E-state index in [4.69, 9.17) is 0 Å². The van der Waals surface area contributed by atoms with Crippen LogP contribution in [-0.4, -0.2) is 56.6 Å². The fraction of sp³-hybridized carbons (Fsp3) is 0.902. The third-order valence-electron chi connectivity index (χ3n) is 9.24. The Kier molecular flexibility index (Phi) is 32.5. The van der Waals surface area contributed by atoms with Crippen LogP contribution in [0.5, 0.6) is 0 Å². The van der Waals surface area contributed by atoms with Gasteiger partial charge in [0.05, 0.1) is 27.7 Å². The second-order valence-corrected chi connectivity index (χ2v) is 15.1. The van der Waals surface area contributed by atoms with Crippen LogP contribution in [-0.2, 0) is 9.59 Å². The molecule has 0 rings (SSSR count). The molecule has 2 N–H and O–H groups in total. The van der Waals surface area contributed by atoms with E-state index in [2.05, 4.69) is 57.8 Å². The van der Waals surface area contributed by atoms with Crippen LogP contribution in [0.4, 0.5) is 0 Å². The van der Waals surface area contributed by atoms with Crippen LogP contribution in [0.1, 0.15) is 200 Å². The summed E-state index contributed by atoms with van der Waals surface area (Å²) in [5.41, 5.74) is 0. The molecule has 0 aliphatic carbocycles. The monoisotopic (exact) mass is 649 g/mol. The summed E-state index contributed by atoms with van der Waals surface area (Å²) < 4.78 is 0.785. The van der Waals surface area contributed by atoms with Gasteiger partial charge >= 0.3 is 0 Å². The Morgan fingerprint density at radius 3 is 1.37 bits per heavy atom. The maximum Gasteiger partial charge on any atom is 0.242 e. The molecule has 5 heteroatoms. The number of carbonyl (C=O) groups excluding carboxylic acids is 2. The molecule has 2 amide bonds. The molecule has 0 aromatic rings. The number of nitrogens with one attached hydrogen (secondary N) is 2. The molecule has 0 aromatic heterocycles. The van der Waals surface area contributed by atoms with Gasteiger partial charge in [-0.3, -0.25) is 9.59 Å². The summed E-state index contributed by atoms with van der Waals surface area (Å²) in [6, 6.07) is -0.431. The molecule has 1 unspecified atom stereocenters. The van der Waals surface area contributed by atoms with E-state index in [0.29, 0.717) is 19.4 Å². The van der Waals surface area contributed by atoms with Crippen molar-refractivity contribution in [3.05, 3.63) is 12.2 Å². The predicted molar refractivity (Wildman–Crippen MR) is 202 cm³/mol. The first-order valence-electron chi connectivity index (χ1n) is 20.3. The van der Waals surface area contributed by atoms with Crippen LogP contribution in [0.15, 0.2) is 12.2 Å². The number of carbonyl (C=O) groups is 2. The highest BCUT2D eigenvalue weighted by molar-refractivity contribution is 5.87. The number of hydrogen-bond acceptors (Lipinski definition) is 2. The Morgan fingerprint density at radius 1 is 0.543 bits per heavy atom. The van der Waals surface area contributed by atoms with Gasteiger partial charge in [0.2, 0.25) is 11.8 Å². The van der Waals surface area contributed by atoms with Crippen molar-refractivity contribution in [3.63, 3.8) is 0 Å². The maximum atomic E-state index is 13.0. The largest absolute Gasteiger partial charge is 0.354 e. The summed E-state index contributed by atoms with van der Waals surface area (Å²) in [4.78, 5) is 25.7. The van der Waals surface area contributed by atoms with Crippen LogP contribution in [0.25, 0.3) is 0 Å². The highest BCUT2D eigenvalue weighted by atomic mass is 16.2. The minimum absolute atomic E-state index is 0.0129. The number of hydrogen-bond donors (Lipinski definition) is 2. The molecule has 46 heavy (non-hydrogen) atoms. The summed E-state index contributed by atoms with van der Waals surface area (Å²) >= 11 is 0. The first kappa shape index (κ1) is 44.6. The normalized spacial score (nSPS) is 12.5. The molecule has 0 aliphatic heterocycles. The Labute approximate surface area is 288 Å². The first-order chi connectivity index (χ1) is 22.3. The topological polar surface area (TPSA) is 58.2 Å². The molecule has 5 nitrogen and oxygen atoms in total. The molecule has 0 bridgehead atoms. The van der Waals surface area contributed by atoms with Gasteiger partial charge in [0, 0.05) is 19.4 Å². The van der Waals surface area contributed by atoms with Crippen LogP contribution < -0.4 is 10.6 Å². The highest BCUT2D eigenvalue weighted by Gasteiger charge is 2.23. The van der Waals surface area contributed by atoms with Crippen molar-refractivity contribution in [2.75, 3.05) is 34.2 Å². The van der Waals surface area contributed by atoms with Gasteiger partial charge in [0.25, 0.3) is 0 Å². The van der Waals surface area contributed by atoms with Gasteiger partial charge in [-0.1, -0.05) is 161 Å². The van der Waals surface area contributed by atoms with Gasteiger partial charge in [-0.2, -0.15) is 0 Å². The first-order valence-corrected chi connectivity index (χ1v) is 20.3. The van der Waals surface area contributed by atoms with E-state index in [1.54, 1.807) is 0 Å². The number of rotatable bonds is 35. The van der Waals surface area contributed by atoms with Crippen molar-refractivity contribution in [2.45, 2.75) is 206 Å². The summed E-state index contributed by atoms with van der Waals surface area (Å²) in [5.74, 6) is 0.0109. The minimum Gasteiger partial charge on any atom is -0.354 e. The molecule has 0 saturated heterocycles. The van der Waals surface area contributed by atoms with Crippen LogP contribution >= 0.6 is 0 Å². The number of unbranched alkanes of at least 4 members (excludes halogenated alkanes) is 24. The summed E-state index contributed by atoms with van der Waals surface area (Å²) in [7, 11) is 6.41. The lowest BCUT2D eigenvalue weighted by molar-refractivity contribution is -0.870. The van der Waals surface area contributed by atoms with Gasteiger partial charge < -0.3 is 15.1 Å². The minimum atomic E-state index is -0.431. The Morgan fingerprint density at radius 2 is 0.935 bits per heavy atom. The van der Waals surface area contributed by atoms with Crippen molar-refractivity contribution in [2.24, 2.45) is 0 Å². The molecule has 0 heterocycles. The smallest absolute Gasteiger partial charge is 0.242 e. The van der Waals surface area contributed by atoms with Crippen molar-refractivity contribution in [1.82, 2.24) is 10.6 Å². The molecule has 0 aliphatic rings. The highest BCUT2D eigenvalue weighted by Crippen LogP contribution is 2.13. The van der Waals surface area contributed by atoms with E-state index >= 15 is 0 Å². The summed E-state index contributed by atoms with van der Waals surface area (Å²) in [5, 5.41) is 6.19. The lowest BCUT2D eigenvalue weighted by Crippen LogP contribution is -2.49. The zero-order valence-electron chi connectivity index (χ0n) is 31.9. The third-order valence-corrected chi connectivity index (χ3v) is 9.24. The fourth-order valence-electron chi connectivity index (χ4n) is 6.06. The molecule has 0 spiro atoms. The zero-order chi connectivity index (χ0) is 34.0. The van der Waals surface area contributed by atoms with Gasteiger partial charge in [-0.15, -0.1) is 0 Å². The van der Waals surface area contributed by atoms with E-state index in [-0.39, 0.29) is 11.8 Å². The standard InChI is InChI=1S/C41H81N3O2/c1-6-8-10-12-14-16-18-20-22-23-25-27-29-31-33-35-40(45)43-39(36-38-44(3,4)5)41(46)42-37-34-32-30-28-26-24-21-19-17-15-13-11-9-7-2/h20,22,39H,6-19,21,23-38H2,1-5H3,(H-,42,43,45,46)/p+1/b22-20+. The second-order valence-electron chi connectivity index (χ2n) is 15.1. The second kappa shape index (κ2) is 33.5. The Bertz CT molecular complexity index is 700. The van der Waals surface area contributed by atoms with Crippen LogP contribution in [0, 0.1) is 0 Å². The number of nitrogens with zero attached hydrogens (tertiary/aromatic N) is 1. The van der Waals surface area contributed by atoms with Crippen LogP contribution in [0.3, 0.4) is 0 Å². The van der Waals surface area contributed by atoms with Crippen molar-refractivity contribution in [1.29, 1.82) is 0 Å². The number of allylic oxidation sites excluding steroid dienone is 2. The number of amides is 2. The Hall–Kier alpha value is -1.36. The maximum absolute atomic E-state index is 13.0. The van der Waals surface area contributed by atoms with E-state index < -0.39 is 6.04 Å². The van der Waals surface area contributed by atoms with E-state index in [1.165, 1.54) is 154 Å². The van der Waals surface area contributed by atoms with Crippen molar-refractivity contribution >= 4 is 11.8 Å². The average molecular weight is 649 g/mol. The molecular weight excluding hydrogens is 566 g/mol. The van der Waals surface area contributed by atoms with E-state index in [9.17, 15) is 9.59 Å².